The van der Waals surface area contributed by atoms with Crippen LogP contribution in [0, 0.1) is 0 Å². The fourth-order valence-electron chi connectivity index (χ4n) is 1.88. The van der Waals surface area contributed by atoms with Gasteiger partial charge in [-0.25, -0.2) is 4.39 Å². The summed E-state index contributed by atoms with van der Waals surface area (Å²) in [5.74, 6) is 1.05. The molecule has 1 N–H and O–H groups in total. The molecule has 1 rings (SSSR count). The van der Waals surface area contributed by atoms with Crippen LogP contribution >= 0.6 is 0 Å². The Morgan fingerprint density at radius 3 is 2.33 bits per heavy atom. The smallest absolute Gasteiger partial charge is 0.167 e. The Hall–Kier alpha value is -1.29. The number of hydrogen-bond donors (Lipinski definition) is 1. The lowest BCUT2D eigenvalue weighted by atomic mass is 9.95. The van der Waals surface area contributed by atoms with E-state index >= 15 is 0 Å². The molecule has 18 heavy (non-hydrogen) atoms. The van der Waals surface area contributed by atoms with Crippen molar-refractivity contribution < 1.29 is 13.9 Å². The average Bonchev–Trinajstić information content (AvgIpc) is 2.33. The van der Waals surface area contributed by atoms with Crippen LogP contribution in [0.3, 0.4) is 0 Å². The van der Waals surface area contributed by atoms with Gasteiger partial charge in [0.05, 0.1) is 14.2 Å². The molecule has 0 fully saturated rings. The maximum atomic E-state index is 14.2. The molecule has 0 spiro atoms. The molecule has 0 radical (unpaired) electrons. The number of benzene rings is 1. The van der Waals surface area contributed by atoms with Crippen molar-refractivity contribution in [2.75, 3.05) is 27.8 Å². The zero-order chi connectivity index (χ0) is 13.8. The van der Waals surface area contributed by atoms with Gasteiger partial charge in [0.15, 0.2) is 11.5 Å². The van der Waals surface area contributed by atoms with Crippen LogP contribution in [0.4, 0.5) is 4.39 Å². The molecule has 0 bridgehead atoms. The third-order valence-electron chi connectivity index (χ3n) is 2.84. The van der Waals surface area contributed by atoms with Crippen molar-refractivity contribution in [3.05, 3.63) is 23.3 Å². The summed E-state index contributed by atoms with van der Waals surface area (Å²) >= 11 is 0. The van der Waals surface area contributed by atoms with Crippen LogP contribution in [0.2, 0.25) is 0 Å². The molecule has 0 saturated heterocycles. The maximum absolute atomic E-state index is 14.2. The highest BCUT2D eigenvalue weighted by atomic mass is 19.1. The molecule has 0 heterocycles. The van der Waals surface area contributed by atoms with Crippen molar-refractivity contribution in [3.63, 3.8) is 0 Å². The van der Waals surface area contributed by atoms with Crippen molar-refractivity contribution in [2.45, 2.75) is 25.9 Å². The normalized spacial score (nSPS) is 11.4. The lowest BCUT2D eigenvalue weighted by molar-refractivity contribution is 0.211. The number of alkyl halides is 1. The number of hydrogen-bond acceptors (Lipinski definition) is 3. The van der Waals surface area contributed by atoms with E-state index < -0.39 is 5.67 Å². The molecule has 102 valence electrons. The number of nitrogens with one attached hydrogen (secondary N) is 1. The topological polar surface area (TPSA) is 30.5 Å². The van der Waals surface area contributed by atoms with Crippen LogP contribution in [0.15, 0.2) is 12.1 Å². The van der Waals surface area contributed by atoms with Gasteiger partial charge in [-0.15, -0.1) is 0 Å². The van der Waals surface area contributed by atoms with Crippen LogP contribution in [-0.2, 0) is 12.1 Å². The van der Waals surface area contributed by atoms with E-state index in [0.717, 1.165) is 18.5 Å². The summed E-state index contributed by atoms with van der Waals surface area (Å²) in [6.45, 7) is 3.87. The molecular formula is C14H22FNO2. The second-order valence-corrected chi connectivity index (χ2v) is 4.70. The fourth-order valence-corrected chi connectivity index (χ4v) is 1.88. The molecule has 0 aliphatic heterocycles. The average molecular weight is 255 g/mol. The summed E-state index contributed by atoms with van der Waals surface area (Å²) in [6, 6.07) is 3.74. The molecule has 0 aliphatic carbocycles. The third kappa shape index (κ3) is 3.35. The number of rotatable bonds is 6. The summed E-state index contributed by atoms with van der Waals surface area (Å²) in [4.78, 5) is 0. The van der Waals surface area contributed by atoms with Crippen molar-refractivity contribution in [2.24, 2.45) is 0 Å². The highest BCUT2D eigenvalue weighted by molar-refractivity contribution is 5.51. The van der Waals surface area contributed by atoms with Gasteiger partial charge in [0.1, 0.15) is 5.67 Å². The third-order valence-corrected chi connectivity index (χ3v) is 2.84. The summed E-state index contributed by atoms with van der Waals surface area (Å²) < 4.78 is 24.8. The van der Waals surface area contributed by atoms with Crippen molar-refractivity contribution in [3.8, 4) is 11.5 Å². The van der Waals surface area contributed by atoms with E-state index in [9.17, 15) is 4.39 Å². The minimum atomic E-state index is -1.46. The first-order valence-electron chi connectivity index (χ1n) is 6.03. The molecule has 0 saturated carbocycles. The van der Waals surface area contributed by atoms with Gasteiger partial charge in [0.25, 0.3) is 0 Å². The summed E-state index contributed by atoms with van der Waals surface area (Å²) in [6.07, 6.45) is 0.819. The first-order valence-corrected chi connectivity index (χ1v) is 6.03. The Bertz CT molecular complexity index is 400. The molecule has 3 nitrogen and oxygen atoms in total. The Morgan fingerprint density at radius 1 is 1.22 bits per heavy atom. The minimum absolute atomic E-state index is 0.471. The van der Waals surface area contributed by atoms with Crippen molar-refractivity contribution in [1.29, 1.82) is 0 Å². The Kier molecular flexibility index (Phi) is 4.96. The van der Waals surface area contributed by atoms with E-state index in [0.29, 0.717) is 17.1 Å². The standard InChI is InChI=1S/C14H22FNO2/c1-14(2,15)11-8-10(6-7-16-3)9-12(17-4)13(11)18-5/h8-9,16H,6-7H2,1-5H3. The fraction of sp³-hybridized carbons (Fsp3) is 0.571. The largest absolute Gasteiger partial charge is 0.493 e. The van der Waals surface area contributed by atoms with E-state index in [1.54, 1.807) is 7.11 Å². The van der Waals surface area contributed by atoms with Gasteiger partial charge in [-0.2, -0.15) is 0 Å². The molecular weight excluding hydrogens is 233 g/mol. The maximum Gasteiger partial charge on any atom is 0.167 e. The van der Waals surface area contributed by atoms with Gasteiger partial charge < -0.3 is 14.8 Å². The number of methoxy groups -OCH3 is 2. The van der Waals surface area contributed by atoms with Gasteiger partial charge in [-0.3, -0.25) is 0 Å². The zero-order valence-corrected chi connectivity index (χ0v) is 11.8. The summed E-state index contributed by atoms with van der Waals surface area (Å²) in [7, 11) is 4.98. The highest BCUT2D eigenvalue weighted by Crippen LogP contribution is 2.40. The summed E-state index contributed by atoms with van der Waals surface area (Å²) in [5, 5.41) is 3.07. The van der Waals surface area contributed by atoms with Crippen LogP contribution in [0.5, 0.6) is 11.5 Å². The molecule has 0 unspecified atom stereocenters. The minimum Gasteiger partial charge on any atom is -0.493 e. The second-order valence-electron chi connectivity index (χ2n) is 4.70. The molecule has 0 aromatic heterocycles. The first kappa shape index (κ1) is 14.8. The second kappa shape index (κ2) is 6.05. The van der Waals surface area contributed by atoms with Gasteiger partial charge in [0.2, 0.25) is 0 Å². The van der Waals surface area contributed by atoms with Gasteiger partial charge in [0, 0.05) is 5.56 Å². The lowest BCUT2D eigenvalue weighted by Gasteiger charge is -2.21. The number of likely N-dealkylation sites (N-methyl/N-ethyl adjacent to an activating group) is 1. The SMILES string of the molecule is CNCCc1cc(OC)c(OC)c(C(C)(C)F)c1. The summed E-state index contributed by atoms with van der Waals surface area (Å²) in [5.41, 5.74) is 0.0899. The van der Waals surface area contributed by atoms with E-state index in [4.69, 9.17) is 9.47 Å². The molecule has 0 aliphatic rings. The van der Waals surface area contributed by atoms with Crippen LogP contribution in [0.25, 0.3) is 0 Å². The Labute approximate surface area is 108 Å². The van der Waals surface area contributed by atoms with Gasteiger partial charge >= 0.3 is 0 Å². The number of ether oxygens (including phenoxy) is 2. The lowest BCUT2D eigenvalue weighted by Crippen LogP contribution is -2.14. The van der Waals surface area contributed by atoms with Crippen LogP contribution < -0.4 is 14.8 Å². The van der Waals surface area contributed by atoms with Gasteiger partial charge in [-0.05, 0) is 51.6 Å². The quantitative estimate of drug-likeness (QED) is 0.847. The Morgan fingerprint density at radius 2 is 1.89 bits per heavy atom. The van der Waals surface area contributed by atoms with E-state index in [1.165, 1.54) is 21.0 Å². The van der Waals surface area contributed by atoms with E-state index in [1.807, 2.05) is 19.2 Å². The Balaban J connectivity index is 3.27. The first-order chi connectivity index (χ1) is 8.43. The molecule has 4 heteroatoms. The highest BCUT2D eigenvalue weighted by Gasteiger charge is 2.26. The molecule has 1 aromatic carbocycles. The van der Waals surface area contributed by atoms with E-state index in [2.05, 4.69) is 5.32 Å². The molecule has 1 aromatic rings. The predicted molar refractivity (Wildman–Crippen MR) is 71.3 cm³/mol. The van der Waals surface area contributed by atoms with Gasteiger partial charge in [-0.1, -0.05) is 0 Å². The number of halogens is 1. The molecule has 0 amide bonds. The van der Waals surface area contributed by atoms with E-state index in [-0.39, 0.29) is 0 Å². The molecule has 0 atom stereocenters. The zero-order valence-electron chi connectivity index (χ0n) is 11.8. The van der Waals surface area contributed by atoms with Crippen LogP contribution in [-0.4, -0.2) is 27.8 Å². The van der Waals surface area contributed by atoms with Crippen molar-refractivity contribution >= 4 is 0 Å². The predicted octanol–water partition coefficient (Wildman–Crippen LogP) is 2.67. The van der Waals surface area contributed by atoms with Crippen molar-refractivity contribution in [1.82, 2.24) is 5.32 Å². The monoisotopic (exact) mass is 255 g/mol. The van der Waals surface area contributed by atoms with Crippen LogP contribution in [0.1, 0.15) is 25.0 Å².